The van der Waals surface area contributed by atoms with Gasteiger partial charge in [0.2, 0.25) is 5.78 Å². The monoisotopic (exact) mass is 407 g/mol. The molecule has 1 aromatic heterocycles. The molecule has 6 nitrogen and oxygen atoms in total. The Morgan fingerprint density at radius 1 is 1.14 bits per heavy atom. The number of para-hydroxylation sites is 2. The lowest BCUT2D eigenvalue weighted by atomic mass is 10.1. The second kappa shape index (κ2) is 8.83. The number of carbonyl (C=O) groups is 2. The smallest absolute Gasteiger partial charge is 0.387 e. The molecule has 0 saturated carbocycles. The molecule has 0 aliphatic rings. The number of hydrogen-bond acceptors (Lipinski definition) is 7. The molecule has 1 heterocycles. The van der Waals surface area contributed by atoms with Gasteiger partial charge in [0.05, 0.1) is 0 Å². The summed E-state index contributed by atoms with van der Waals surface area (Å²) in [6.45, 7) is -1.51. The van der Waals surface area contributed by atoms with E-state index in [9.17, 15) is 18.4 Å². The average Bonchev–Trinajstić information content (AvgIpc) is 3.09. The highest BCUT2D eigenvalue weighted by Gasteiger charge is 2.20. The molecule has 0 aliphatic carbocycles. The molecule has 28 heavy (non-hydrogen) atoms. The average molecular weight is 407 g/mol. The topological polar surface area (TPSA) is 78.6 Å². The zero-order chi connectivity index (χ0) is 20.1. The first-order valence-electron chi connectivity index (χ1n) is 8.19. The van der Waals surface area contributed by atoms with Gasteiger partial charge in [-0.1, -0.05) is 23.9 Å². The Kier molecular flexibility index (Phi) is 6.25. The number of ketones is 1. The predicted molar refractivity (Wildman–Crippen MR) is 97.7 cm³/mol. The van der Waals surface area contributed by atoms with Gasteiger partial charge < -0.3 is 13.9 Å². The van der Waals surface area contributed by atoms with Gasteiger partial charge in [0.25, 0.3) is 5.22 Å². The van der Waals surface area contributed by atoms with Crippen LogP contribution in [0.1, 0.15) is 17.3 Å². The van der Waals surface area contributed by atoms with Crippen molar-refractivity contribution in [1.82, 2.24) is 4.98 Å². The standard InChI is InChI=1S/C19H15F2NO5S/c1-11(17(24)12-6-8-13(9-7-12)26-18(20)21)25-16(23)10-28-19-22-14-4-2-3-5-15(14)27-19/h2-9,11,18H,10H2,1H3. The van der Waals surface area contributed by atoms with Crippen LogP contribution in [0.25, 0.3) is 11.1 Å². The third-order valence-electron chi connectivity index (χ3n) is 3.63. The summed E-state index contributed by atoms with van der Waals surface area (Å²) in [4.78, 5) is 28.5. The number of oxazole rings is 1. The van der Waals surface area contributed by atoms with Gasteiger partial charge in [-0.2, -0.15) is 8.78 Å². The molecule has 0 radical (unpaired) electrons. The van der Waals surface area contributed by atoms with E-state index in [2.05, 4.69) is 9.72 Å². The fourth-order valence-electron chi connectivity index (χ4n) is 2.35. The number of alkyl halides is 2. The third kappa shape index (κ3) is 5.07. The van der Waals surface area contributed by atoms with Gasteiger partial charge in [-0.05, 0) is 43.3 Å². The van der Waals surface area contributed by atoms with Crippen molar-refractivity contribution in [3.05, 3.63) is 54.1 Å². The second-order valence-electron chi connectivity index (χ2n) is 5.64. The summed E-state index contributed by atoms with van der Waals surface area (Å²) in [6, 6.07) is 12.4. The minimum atomic E-state index is -2.94. The Bertz CT molecular complexity index is 941. The van der Waals surface area contributed by atoms with Gasteiger partial charge >= 0.3 is 12.6 Å². The molecule has 1 unspecified atom stereocenters. The minimum absolute atomic E-state index is 0.0640. The first kappa shape index (κ1) is 19.8. The molecule has 0 amide bonds. The second-order valence-corrected chi connectivity index (χ2v) is 6.56. The summed E-state index contributed by atoms with van der Waals surface area (Å²) in [6.07, 6.45) is -1.03. The molecule has 2 aromatic carbocycles. The lowest BCUT2D eigenvalue weighted by Gasteiger charge is -2.12. The van der Waals surface area contributed by atoms with Crippen LogP contribution in [-0.4, -0.2) is 35.2 Å². The molecule has 3 aromatic rings. The molecular weight excluding hydrogens is 392 g/mol. The summed E-state index contributed by atoms with van der Waals surface area (Å²) in [5.74, 6) is -1.20. The van der Waals surface area contributed by atoms with E-state index in [1.807, 2.05) is 12.1 Å². The van der Waals surface area contributed by atoms with Crippen molar-refractivity contribution < 1.29 is 32.3 Å². The Hall–Kier alpha value is -2.94. The van der Waals surface area contributed by atoms with E-state index in [0.29, 0.717) is 16.3 Å². The number of carbonyl (C=O) groups excluding carboxylic acids is 2. The Morgan fingerprint density at radius 2 is 1.86 bits per heavy atom. The minimum Gasteiger partial charge on any atom is -0.454 e. The zero-order valence-corrected chi connectivity index (χ0v) is 15.4. The van der Waals surface area contributed by atoms with Crippen LogP contribution in [-0.2, 0) is 9.53 Å². The van der Waals surface area contributed by atoms with Crippen molar-refractivity contribution in [2.45, 2.75) is 24.9 Å². The van der Waals surface area contributed by atoms with E-state index < -0.39 is 24.5 Å². The molecule has 1 atom stereocenters. The quantitative estimate of drug-likeness (QED) is 0.312. The number of nitrogens with zero attached hydrogens (tertiary/aromatic N) is 1. The summed E-state index contributed by atoms with van der Waals surface area (Å²) < 4.78 is 39.1. The van der Waals surface area contributed by atoms with Crippen LogP contribution in [0.2, 0.25) is 0 Å². The number of hydrogen-bond donors (Lipinski definition) is 0. The Balaban J connectivity index is 1.52. The summed E-state index contributed by atoms with van der Waals surface area (Å²) >= 11 is 1.06. The third-order valence-corrected chi connectivity index (χ3v) is 4.43. The highest BCUT2D eigenvalue weighted by molar-refractivity contribution is 7.99. The summed E-state index contributed by atoms with van der Waals surface area (Å²) in [5, 5.41) is 0.326. The van der Waals surface area contributed by atoms with Gasteiger partial charge in [0.1, 0.15) is 17.0 Å². The molecule has 0 aliphatic heterocycles. The number of Topliss-reactive ketones (excluding diaryl/α,β-unsaturated/α-hetero) is 1. The number of esters is 1. The van der Waals surface area contributed by atoms with Crippen LogP contribution in [0.3, 0.4) is 0 Å². The Labute approximate surface area is 162 Å². The van der Waals surface area contributed by atoms with Gasteiger partial charge in [-0.25, -0.2) is 4.98 Å². The maximum atomic E-state index is 12.3. The maximum absolute atomic E-state index is 12.3. The van der Waals surface area contributed by atoms with E-state index in [4.69, 9.17) is 9.15 Å². The molecule has 0 spiro atoms. The molecule has 0 saturated heterocycles. The number of fused-ring (bicyclic) bond motifs is 1. The van der Waals surface area contributed by atoms with Gasteiger partial charge in [0, 0.05) is 5.56 Å². The van der Waals surface area contributed by atoms with Crippen LogP contribution in [0, 0.1) is 0 Å². The number of benzene rings is 2. The lowest BCUT2D eigenvalue weighted by molar-refractivity contribution is -0.143. The van der Waals surface area contributed by atoms with E-state index >= 15 is 0 Å². The van der Waals surface area contributed by atoms with Gasteiger partial charge in [0.15, 0.2) is 11.7 Å². The molecule has 3 rings (SSSR count). The van der Waals surface area contributed by atoms with Gasteiger partial charge in [-0.15, -0.1) is 0 Å². The number of rotatable bonds is 8. The van der Waals surface area contributed by atoms with Crippen molar-refractivity contribution in [1.29, 1.82) is 0 Å². The van der Waals surface area contributed by atoms with E-state index in [0.717, 1.165) is 11.8 Å². The molecular formula is C19H15F2NO5S. The van der Waals surface area contributed by atoms with E-state index in [1.54, 1.807) is 12.1 Å². The van der Waals surface area contributed by atoms with Crippen molar-refractivity contribution in [2.75, 3.05) is 5.75 Å². The first-order valence-corrected chi connectivity index (χ1v) is 9.18. The highest BCUT2D eigenvalue weighted by atomic mass is 32.2. The first-order chi connectivity index (χ1) is 13.4. The van der Waals surface area contributed by atoms with Crippen LogP contribution < -0.4 is 4.74 Å². The predicted octanol–water partition coefficient (Wildman–Crippen LogP) is 4.34. The fraction of sp³-hybridized carbons (Fsp3) is 0.211. The van der Waals surface area contributed by atoms with Crippen LogP contribution >= 0.6 is 11.8 Å². The molecule has 0 fully saturated rings. The van der Waals surface area contributed by atoms with Crippen LogP contribution in [0.4, 0.5) is 8.78 Å². The van der Waals surface area contributed by atoms with Gasteiger partial charge in [-0.3, -0.25) is 9.59 Å². The summed E-state index contributed by atoms with van der Waals surface area (Å²) in [5.41, 5.74) is 1.51. The SMILES string of the molecule is CC(OC(=O)CSc1nc2ccccc2o1)C(=O)c1ccc(OC(F)F)cc1. The van der Waals surface area contributed by atoms with E-state index in [-0.39, 0.29) is 17.1 Å². The van der Waals surface area contributed by atoms with Crippen molar-refractivity contribution in [3.8, 4) is 5.75 Å². The molecule has 9 heteroatoms. The Morgan fingerprint density at radius 3 is 2.54 bits per heavy atom. The number of thioether (sulfide) groups is 1. The van der Waals surface area contributed by atoms with Crippen LogP contribution in [0.5, 0.6) is 5.75 Å². The van der Waals surface area contributed by atoms with Crippen molar-refractivity contribution in [3.63, 3.8) is 0 Å². The summed E-state index contributed by atoms with van der Waals surface area (Å²) in [7, 11) is 0. The number of ether oxygens (including phenoxy) is 2. The highest BCUT2D eigenvalue weighted by Crippen LogP contribution is 2.23. The molecule has 146 valence electrons. The van der Waals surface area contributed by atoms with Crippen LogP contribution in [0.15, 0.2) is 58.2 Å². The normalized spacial score (nSPS) is 12.1. The maximum Gasteiger partial charge on any atom is 0.387 e. The van der Waals surface area contributed by atoms with E-state index in [1.165, 1.54) is 31.2 Å². The largest absolute Gasteiger partial charge is 0.454 e. The zero-order valence-electron chi connectivity index (χ0n) is 14.6. The molecule has 0 N–H and O–H groups in total. The number of aromatic nitrogens is 1. The molecule has 0 bridgehead atoms. The fourth-order valence-corrected chi connectivity index (χ4v) is 2.97. The lowest BCUT2D eigenvalue weighted by Crippen LogP contribution is -2.25. The van der Waals surface area contributed by atoms with Crippen molar-refractivity contribution in [2.24, 2.45) is 0 Å². The number of halogens is 2. The van der Waals surface area contributed by atoms with Crippen molar-refractivity contribution >= 4 is 34.6 Å².